The molecule has 0 saturated heterocycles. The molecule has 24 heavy (non-hydrogen) atoms. The molecule has 1 N–H and O–H groups in total. The maximum Gasteiger partial charge on any atom is 0.258 e. The molecule has 0 spiro atoms. The third-order valence-electron chi connectivity index (χ3n) is 3.22. The Balaban J connectivity index is 1.90. The van der Waals surface area contributed by atoms with Crippen LogP contribution in [0.5, 0.6) is 17.2 Å². The van der Waals surface area contributed by atoms with E-state index in [0.717, 1.165) is 5.56 Å². The minimum atomic E-state index is -0.288. The number of methoxy groups -OCH3 is 2. The van der Waals surface area contributed by atoms with Gasteiger partial charge in [-0.05, 0) is 24.3 Å². The molecule has 0 saturated carbocycles. The van der Waals surface area contributed by atoms with Gasteiger partial charge in [0.25, 0.3) is 5.91 Å². The van der Waals surface area contributed by atoms with Gasteiger partial charge in [-0.15, -0.1) is 0 Å². The summed E-state index contributed by atoms with van der Waals surface area (Å²) >= 11 is 11.8. The van der Waals surface area contributed by atoms with Crippen LogP contribution in [-0.2, 0) is 11.3 Å². The van der Waals surface area contributed by atoms with Crippen molar-refractivity contribution in [1.82, 2.24) is 5.32 Å². The Kier molecular flexibility index (Phi) is 6.58. The molecule has 0 aliphatic rings. The summed E-state index contributed by atoms with van der Waals surface area (Å²) in [5, 5.41) is 3.63. The van der Waals surface area contributed by atoms with E-state index in [1.54, 1.807) is 44.6 Å². The third kappa shape index (κ3) is 4.94. The van der Waals surface area contributed by atoms with E-state index in [9.17, 15) is 4.79 Å². The minimum absolute atomic E-state index is 0.168. The van der Waals surface area contributed by atoms with Crippen LogP contribution in [-0.4, -0.2) is 26.7 Å². The van der Waals surface area contributed by atoms with E-state index >= 15 is 0 Å². The minimum Gasteiger partial charge on any atom is -0.497 e. The Morgan fingerprint density at radius 2 is 1.83 bits per heavy atom. The van der Waals surface area contributed by atoms with Gasteiger partial charge in [0, 0.05) is 29.3 Å². The van der Waals surface area contributed by atoms with Crippen molar-refractivity contribution in [1.29, 1.82) is 0 Å². The van der Waals surface area contributed by atoms with E-state index in [-0.39, 0.29) is 12.5 Å². The Labute approximate surface area is 150 Å². The fourth-order valence-electron chi connectivity index (χ4n) is 1.97. The van der Waals surface area contributed by atoms with Crippen molar-refractivity contribution < 1.29 is 19.0 Å². The Morgan fingerprint density at radius 3 is 2.54 bits per heavy atom. The normalized spacial score (nSPS) is 10.2. The fraction of sp³-hybridized carbons (Fsp3) is 0.235. The lowest BCUT2D eigenvalue weighted by Gasteiger charge is -2.12. The highest BCUT2D eigenvalue weighted by atomic mass is 35.5. The predicted molar refractivity (Wildman–Crippen MR) is 93.3 cm³/mol. The summed E-state index contributed by atoms with van der Waals surface area (Å²) in [5.74, 6) is 1.39. The molecule has 0 radical (unpaired) electrons. The Hall–Kier alpha value is -2.11. The lowest BCUT2D eigenvalue weighted by molar-refractivity contribution is -0.123. The van der Waals surface area contributed by atoms with Crippen LogP contribution in [0.25, 0.3) is 0 Å². The van der Waals surface area contributed by atoms with Crippen molar-refractivity contribution in [2.75, 3.05) is 20.8 Å². The summed E-state index contributed by atoms with van der Waals surface area (Å²) in [6.45, 7) is 0.136. The SMILES string of the molecule is COc1ccc(CNC(=O)COc2cc(Cl)ccc2Cl)c(OC)c1. The van der Waals surface area contributed by atoms with E-state index in [1.165, 1.54) is 0 Å². The molecule has 2 aromatic carbocycles. The van der Waals surface area contributed by atoms with Gasteiger partial charge in [0.2, 0.25) is 0 Å². The molecule has 0 aliphatic heterocycles. The first-order valence-electron chi connectivity index (χ1n) is 7.09. The van der Waals surface area contributed by atoms with Gasteiger partial charge in [0.05, 0.1) is 19.2 Å². The number of hydrogen-bond donors (Lipinski definition) is 1. The monoisotopic (exact) mass is 369 g/mol. The molecule has 0 aromatic heterocycles. The van der Waals surface area contributed by atoms with Crippen LogP contribution in [0.15, 0.2) is 36.4 Å². The Bertz CT molecular complexity index is 722. The molecule has 2 aromatic rings. The van der Waals surface area contributed by atoms with Crippen LogP contribution in [0.2, 0.25) is 10.0 Å². The lowest BCUT2D eigenvalue weighted by atomic mass is 10.2. The van der Waals surface area contributed by atoms with Crippen LogP contribution < -0.4 is 19.5 Å². The first-order valence-corrected chi connectivity index (χ1v) is 7.84. The molecular formula is C17H17Cl2NO4. The van der Waals surface area contributed by atoms with Gasteiger partial charge in [0.1, 0.15) is 17.2 Å². The molecule has 128 valence electrons. The fourth-order valence-corrected chi connectivity index (χ4v) is 2.31. The summed E-state index contributed by atoms with van der Waals surface area (Å²) < 4.78 is 15.8. The zero-order chi connectivity index (χ0) is 17.5. The van der Waals surface area contributed by atoms with Gasteiger partial charge >= 0.3 is 0 Å². The second-order valence-electron chi connectivity index (χ2n) is 4.82. The van der Waals surface area contributed by atoms with Gasteiger partial charge in [0.15, 0.2) is 6.61 Å². The first-order chi connectivity index (χ1) is 11.5. The number of hydrogen-bond acceptors (Lipinski definition) is 4. The lowest BCUT2D eigenvalue weighted by Crippen LogP contribution is -2.28. The van der Waals surface area contributed by atoms with E-state index in [4.69, 9.17) is 37.4 Å². The second kappa shape index (κ2) is 8.66. The van der Waals surface area contributed by atoms with Gasteiger partial charge < -0.3 is 19.5 Å². The topological polar surface area (TPSA) is 56.8 Å². The van der Waals surface area contributed by atoms with E-state index < -0.39 is 0 Å². The predicted octanol–water partition coefficient (Wildman–Crippen LogP) is 3.71. The molecule has 0 heterocycles. The molecule has 5 nitrogen and oxygen atoms in total. The Morgan fingerprint density at radius 1 is 1.04 bits per heavy atom. The van der Waals surface area contributed by atoms with Crippen LogP contribution in [0.4, 0.5) is 0 Å². The third-order valence-corrected chi connectivity index (χ3v) is 3.77. The molecule has 0 fully saturated rings. The van der Waals surface area contributed by atoms with E-state index in [1.807, 2.05) is 6.07 Å². The molecule has 0 unspecified atom stereocenters. The van der Waals surface area contributed by atoms with Gasteiger partial charge in [-0.2, -0.15) is 0 Å². The maximum atomic E-state index is 11.9. The van der Waals surface area contributed by atoms with Gasteiger partial charge in [-0.25, -0.2) is 0 Å². The number of amides is 1. The first kappa shape index (κ1) is 18.2. The number of benzene rings is 2. The summed E-state index contributed by atoms with van der Waals surface area (Å²) in [6, 6.07) is 10.2. The highest BCUT2D eigenvalue weighted by Gasteiger charge is 2.09. The number of carbonyl (C=O) groups is 1. The molecule has 1 amide bonds. The second-order valence-corrected chi connectivity index (χ2v) is 5.66. The van der Waals surface area contributed by atoms with Crippen molar-refractivity contribution >= 4 is 29.1 Å². The summed E-state index contributed by atoms with van der Waals surface area (Å²) in [4.78, 5) is 11.9. The quantitative estimate of drug-likeness (QED) is 0.808. The van der Waals surface area contributed by atoms with Crippen LogP contribution in [0, 0.1) is 0 Å². The van der Waals surface area contributed by atoms with E-state index in [2.05, 4.69) is 5.32 Å². The van der Waals surface area contributed by atoms with Gasteiger partial charge in [-0.1, -0.05) is 23.2 Å². The van der Waals surface area contributed by atoms with Crippen LogP contribution >= 0.6 is 23.2 Å². The summed E-state index contributed by atoms with van der Waals surface area (Å²) in [7, 11) is 3.14. The van der Waals surface area contributed by atoms with Crippen molar-refractivity contribution in [2.24, 2.45) is 0 Å². The molecule has 0 aliphatic carbocycles. The molecule has 0 atom stereocenters. The average Bonchev–Trinajstić information content (AvgIpc) is 2.60. The van der Waals surface area contributed by atoms with Crippen molar-refractivity contribution in [2.45, 2.75) is 6.54 Å². The largest absolute Gasteiger partial charge is 0.497 e. The standard InChI is InChI=1S/C17H17Cl2NO4/c1-22-13-5-3-11(15(8-13)23-2)9-20-17(21)10-24-16-7-12(18)4-6-14(16)19/h3-8H,9-10H2,1-2H3,(H,20,21). The molecule has 7 heteroatoms. The zero-order valence-electron chi connectivity index (χ0n) is 13.3. The summed E-state index contributed by atoms with van der Waals surface area (Å²) in [5.41, 5.74) is 0.826. The number of halogens is 2. The number of carbonyl (C=O) groups excluding carboxylic acids is 1. The average molecular weight is 370 g/mol. The number of nitrogens with one attached hydrogen (secondary N) is 1. The van der Waals surface area contributed by atoms with Crippen molar-refractivity contribution in [3.05, 3.63) is 52.0 Å². The van der Waals surface area contributed by atoms with Crippen molar-refractivity contribution in [3.8, 4) is 17.2 Å². The number of ether oxygens (including phenoxy) is 3. The maximum absolute atomic E-state index is 11.9. The summed E-state index contributed by atoms with van der Waals surface area (Å²) in [6.07, 6.45) is 0. The molecular weight excluding hydrogens is 353 g/mol. The number of rotatable bonds is 7. The van der Waals surface area contributed by atoms with Crippen LogP contribution in [0.3, 0.4) is 0 Å². The molecule has 0 bridgehead atoms. The zero-order valence-corrected chi connectivity index (χ0v) is 14.8. The van der Waals surface area contributed by atoms with Crippen LogP contribution in [0.1, 0.15) is 5.56 Å². The smallest absolute Gasteiger partial charge is 0.258 e. The molecule has 2 rings (SSSR count). The van der Waals surface area contributed by atoms with Crippen molar-refractivity contribution in [3.63, 3.8) is 0 Å². The van der Waals surface area contributed by atoms with Gasteiger partial charge in [-0.3, -0.25) is 4.79 Å². The highest BCUT2D eigenvalue weighted by molar-refractivity contribution is 6.34. The van der Waals surface area contributed by atoms with E-state index in [0.29, 0.717) is 33.8 Å². The highest BCUT2D eigenvalue weighted by Crippen LogP contribution is 2.27.